The zero-order valence-corrected chi connectivity index (χ0v) is 10.4. The highest BCUT2D eigenvalue weighted by Crippen LogP contribution is 2.43. The average Bonchev–Trinajstić information content (AvgIpc) is 2.28. The molecule has 5 nitrogen and oxygen atoms in total. The zero-order valence-electron chi connectivity index (χ0n) is 10.4. The van der Waals surface area contributed by atoms with Gasteiger partial charge in [0.25, 0.3) is 0 Å². The first kappa shape index (κ1) is 12.2. The van der Waals surface area contributed by atoms with E-state index in [-0.39, 0.29) is 11.7 Å². The Morgan fingerprint density at radius 2 is 2.00 bits per heavy atom. The Balaban J connectivity index is 2.08. The van der Waals surface area contributed by atoms with Gasteiger partial charge in [-0.2, -0.15) is 0 Å². The lowest BCUT2D eigenvalue weighted by molar-refractivity contribution is -0.143. The van der Waals surface area contributed by atoms with Gasteiger partial charge in [-0.3, -0.25) is 4.79 Å². The van der Waals surface area contributed by atoms with Crippen LogP contribution < -0.4 is 5.73 Å². The normalized spacial score (nSPS) is 25.5. The fraction of sp³-hybridized carbons (Fsp3) is 0.833. The number of carbonyl (C=O) groups excluding carboxylic acids is 1. The number of oxime groups is 1. The highest BCUT2D eigenvalue weighted by Gasteiger charge is 2.50. The Kier molecular flexibility index (Phi) is 3.26. The standard InChI is InChI=1S/C12H21N3O2/c1-9-3-7-15(8-4-9)11(16)12(5-2-6-12)10(13)14-17/h9,17H,2-8H2,1H3,(H2,13,14). The molecule has 3 N–H and O–H groups in total. The minimum Gasteiger partial charge on any atom is -0.409 e. The van der Waals surface area contributed by atoms with Crippen LogP contribution in [0, 0.1) is 11.3 Å². The van der Waals surface area contributed by atoms with Gasteiger partial charge >= 0.3 is 0 Å². The molecule has 96 valence electrons. The smallest absolute Gasteiger partial charge is 0.236 e. The van der Waals surface area contributed by atoms with Crippen LogP contribution in [-0.4, -0.2) is 34.9 Å². The van der Waals surface area contributed by atoms with E-state index in [0.29, 0.717) is 18.8 Å². The van der Waals surface area contributed by atoms with Crippen LogP contribution in [0.3, 0.4) is 0 Å². The first-order valence-corrected chi connectivity index (χ1v) is 6.37. The van der Waals surface area contributed by atoms with Crippen molar-refractivity contribution in [2.24, 2.45) is 22.2 Å². The fourth-order valence-electron chi connectivity index (χ4n) is 2.72. The monoisotopic (exact) mass is 239 g/mol. The molecule has 1 saturated heterocycles. The summed E-state index contributed by atoms with van der Waals surface area (Å²) in [6.07, 6.45) is 4.52. The number of nitrogens with zero attached hydrogens (tertiary/aromatic N) is 2. The van der Waals surface area contributed by atoms with Gasteiger partial charge in [0.05, 0.1) is 0 Å². The maximum atomic E-state index is 12.5. The molecule has 0 bridgehead atoms. The lowest BCUT2D eigenvalue weighted by Crippen LogP contribution is -2.56. The van der Waals surface area contributed by atoms with Gasteiger partial charge in [-0.25, -0.2) is 0 Å². The molecule has 5 heteroatoms. The van der Waals surface area contributed by atoms with Crippen molar-refractivity contribution in [2.45, 2.75) is 39.0 Å². The topological polar surface area (TPSA) is 78.9 Å². The van der Waals surface area contributed by atoms with Crippen LogP contribution in [0.25, 0.3) is 0 Å². The molecule has 0 spiro atoms. The average molecular weight is 239 g/mol. The van der Waals surface area contributed by atoms with E-state index in [4.69, 9.17) is 10.9 Å². The number of amidine groups is 1. The molecule has 0 radical (unpaired) electrons. The molecule has 0 unspecified atom stereocenters. The highest BCUT2D eigenvalue weighted by molar-refractivity contribution is 6.07. The molecule has 1 amide bonds. The predicted octanol–water partition coefficient (Wildman–Crippen LogP) is 1.16. The van der Waals surface area contributed by atoms with Crippen LogP contribution >= 0.6 is 0 Å². The Labute approximate surface area is 102 Å². The molecule has 0 aromatic carbocycles. The van der Waals surface area contributed by atoms with Crippen LogP contribution in [0.5, 0.6) is 0 Å². The lowest BCUT2D eigenvalue weighted by atomic mass is 9.66. The highest BCUT2D eigenvalue weighted by atomic mass is 16.4. The van der Waals surface area contributed by atoms with Crippen molar-refractivity contribution in [3.63, 3.8) is 0 Å². The van der Waals surface area contributed by atoms with Gasteiger partial charge in [0, 0.05) is 13.1 Å². The molecule has 2 rings (SSSR count). The summed E-state index contributed by atoms with van der Waals surface area (Å²) in [7, 11) is 0. The molecule has 0 aromatic heterocycles. The number of hydrogen-bond acceptors (Lipinski definition) is 3. The molecule has 1 aliphatic heterocycles. The van der Waals surface area contributed by atoms with Gasteiger partial charge in [-0.05, 0) is 31.6 Å². The summed E-state index contributed by atoms with van der Waals surface area (Å²) in [4.78, 5) is 14.3. The van der Waals surface area contributed by atoms with E-state index in [2.05, 4.69) is 12.1 Å². The van der Waals surface area contributed by atoms with Crippen LogP contribution in [0.4, 0.5) is 0 Å². The van der Waals surface area contributed by atoms with Crippen LogP contribution in [0.1, 0.15) is 39.0 Å². The molecule has 2 aliphatic rings. The minimum atomic E-state index is -0.699. The van der Waals surface area contributed by atoms with Gasteiger partial charge in [-0.1, -0.05) is 18.5 Å². The summed E-state index contributed by atoms with van der Waals surface area (Å²) >= 11 is 0. The first-order valence-electron chi connectivity index (χ1n) is 6.37. The summed E-state index contributed by atoms with van der Waals surface area (Å²) in [6.45, 7) is 3.82. The maximum Gasteiger partial charge on any atom is 0.236 e. The molecular formula is C12H21N3O2. The van der Waals surface area contributed by atoms with Crippen molar-refractivity contribution in [3.8, 4) is 0 Å². The number of rotatable bonds is 2. The van der Waals surface area contributed by atoms with Crippen molar-refractivity contribution in [2.75, 3.05) is 13.1 Å². The third-order valence-corrected chi connectivity index (χ3v) is 4.29. The van der Waals surface area contributed by atoms with E-state index in [0.717, 1.165) is 32.4 Å². The van der Waals surface area contributed by atoms with E-state index < -0.39 is 5.41 Å². The second-order valence-corrected chi connectivity index (χ2v) is 5.40. The Morgan fingerprint density at radius 1 is 1.41 bits per heavy atom. The summed E-state index contributed by atoms with van der Waals surface area (Å²) in [5.74, 6) is 0.846. The van der Waals surface area contributed by atoms with Crippen molar-refractivity contribution in [1.82, 2.24) is 4.90 Å². The van der Waals surface area contributed by atoms with Crippen molar-refractivity contribution < 1.29 is 10.0 Å². The Bertz CT molecular complexity index is 329. The van der Waals surface area contributed by atoms with Crippen LogP contribution in [0.2, 0.25) is 0 Å². The van der Waals surface area contributed by atoms with E-state index in [9.17, 15) is 4.79 Å². The number of hydrogen-bond donors (Lipinski definition) is 2. The van der Waals surface area contributed by atoms with Crippen molar-refractivity contribution in [3.05, 3.63) is 0 Å². The summed E-state index contributed by atoms with van der Waals surface area (Å²) in [5, 5.41) is 11.9. The van der Waals surface area contributed by atoms with Crippen molar-refractivity contribution >= 4 is 11.7 Å². The number of nitrogens with two attached hydrogens (primary N) is 1. The zero-order chi connectivity index (χ0) is 12.5. The summed E-state index contributed by atoms with van der Waals surface area (Å²) in [5.41, 5.74) is 5.00. The fourth-order valence-corrected chi connectivity index (χ4v) is 2.72. The van der Waals surface area contributed by atoms with Gasteiger partial charge in [0.15, 0.2) is 5.84 Å². The van der Waals surface area contributed by atoms with Crippen LogP contribution in [0.15, 0.2) is 5.16 Å². The molecule has 0 atom stereocenters. The molecule has 2 fully saturated rings. The summed E-state index contributed by atoms with van der Waals surface area (Å²) in [6, 6.07) is 0. The van der Waals surface area contributed by atoms with E-state index in [1.165, 1.54) is 0 Å². The Morgan fingerprint density at radius 3 is 2.41 bits per heavy atom. The predicted molar refractivity (Wildman–Crippen MR) is 64.7 cm³/mol. The van der Waals surface area contributed by atoms with Gasteiger partial charge in [0.2, 0.25) is 5.91 Å². The van der Waals surface area contributed by atoms with Gasteiger partial charge < -0.3 is 15.8 Å². The van der Waals surface area contributed by atoms with Crippen molar-refractivity contribution in [1.29, 1.82) is 0 Å². The molecular weight excluding hydrogens is 218 g/mol. The molecule has 17 heavy (non-hydrogen) atoms. The van der Waals surface area contributed by atoms with E-state index >= 15 is 0 Å². The molecule has 1 saturated carbocycles. The van der Waals surface area contributed by atoms with Gasteiger partial charge in [-0.15, -0.1) is 0 Å². The third-order valence-electron chi connectivity index (χ3n) is 4.29. The largest absolute Gasteiger partial charge is 0.409 e. The lowest BCUT2D eigenvalue weighted by Gasteiger charge is -2.43. The molecule has 0 aromatic rings. The SMILES string of the molecule is CC1CCN(C(=O)C2(C(N)=NO)CCC2)CC1. The maximum absolute atomic E-state index is 12.5. The van der Waals surface area contributed by atoms with Gasteiger partial charge in [0.1, 0.15) is 5.41 Å². The molecule has 1 heterocycles. The first-order chi connectivity index (χ1) is 8.10. The number of amides is 1. The number of piperidine rings is 1. The quantitative estimate of drug-likeness (QED) is 0.328. The van der Waals surface area contributed by atoms with E-state index in [1.807, 2.05) is 4.90 Å². The van der Waals surface area contributed by atoms with Crippen LogP contribution in [-0.2, 0) is 4.79 Å². The Hall–Kier alpha value is -1.26. The third kappa shape index (κ3) is 1.98. The molecule has 1 aliphatic carbocycles. The number of carbonyl (C=O) groups is 1. The summed E-state index contributed by atoms with van der Waals surface area (Å²) < 4.78 is 0. The second-order valence-electron chi connectivity index (χ2n) is 5.40. The second kappa shape index (κ2) is 4.55. The van der Waals surface area contributed by atoms with E-state index in [1.54, 1.807) is 0 Å². The number of likely N-dealkylation sites (tertiary alicyclic amines) is 1. The minimum absolute atomic E-state index is 0.0611.